The molecule has 2 N–H and O–H groups in total. The Morgan fingerprint density at radius 2 is 2.19 bits per heavy atom. The molecule has 0 saturated carbocycles. The van der Waals surface area contributed by atoms with E-state index in [1.165, 1.54) is 0 Å². The molecule has 0 saturated heterocycles. The largest absolute Gasteiger partial charge is 0.382 e. The quantitative estimate of drug-likeness (QED) is 0.893. The van der Waals surface area contributed by atoms with Crippen LogP contribution in [0, 0.1) is 6.92 Å². The van der Waals surface area contributed by atoms with Gasteiger partial charge in [0.25, 0.3) is 0 Å². The fourth-order valence-corrected chi connectivity index (χ4v) is 1.96. The molecule has 0 fully saturated rings. The second-order valence-corrected chi connectivity index (χ2v) is 4.80. The summed E-state index contributed by atoms with van der Waals surface area (Å²) in [7, 11) is 1.65. The van der Waals surface area contributed by atoms with E-state index in [2.05, 4.69) is 32.6 Å². The number of benzene rings is 1. The molecule has 1 unspecified atom stereocenters. The van der Waals surface area contributed by atoms with Crippen LogP contribution in [0.15, 0.2) is 22.7 Å². The lowest BCUT2D eigenvalue weighted by Gasteiger charge is -2.16. The zero-order valence-electron chi connectivity index (χ0n) is 9.80. The first-order valence-corrected chi connectivity index (χ1v) is 6.05. The SMILES string of the molecule is CNC(=O)CC(C)Nc1ccc(Br)cc1C. The van der Waals surface area contributed by atoms with Gasteiger partial charge in [0.1, 0.15) is 0 Å². The Balaban J connectivity index is 2.62. The first-order chi connectivity index (χ1) is 7.52. The van der Waals surface area contributed by atoms with Gasteiger partial charge in [0, 0.05) is 29.7 Å². The van der Waals surface area contributed by atoms with Crippen LogP contribution < -0.4 is 10.6 Å². The highest BCUT2D eigenvalue weighted by Gasteiger charge is 2.08. The Morgan fingerprint density at radius 3 is 2.75 bits per heavy atom. The van der Waals surface area contributed by atoms with E-state index in [0.717, 1.165) is 15.7 Å². The monoisotopic (exact) mass is 284 g/mol. The normalized spacial score (nSPS) is 12.0. The Labute approximate surface area is 105 Å². The summed E-state index contributed by atoms with van der Waals surface area (Å²) in [6.45, 7) is 4.04. The molecule has 0 radical (unpaired) electrons. The molecule has 3 nitrogen and oxygen atoms in total. The van der Waals surface area contributed by atoms with Gasteiger partial charge in [0.2, 0.25) is 5.91 Å². The molecule has 0 heterocycles. The highest BCUT2D eigenvalue weighted by molar-refractivity contribution is 9.10. The Morgan fingerprint density at radius 1 is 1.50 bits per heavy atom. The lowest BCUT2D eigenvalue weighted by Crippen LogP contribution is -2.26. The van der Waals surface area contributed by atoms with Crippen LogP contribution in [0.3, 0.4) is 0 Å². The van der Waals surface area contributed by atoms with Crippen molar-refractivity contribution in [2.24, 2.45) is 0 Å². The van der Waals surface area contributed by atoms with Crippen LogP contribution in [-0.4, -0.2) is 19.0 Å². The van der Waals surface area contributed by atoms with Gasteiger partial charge in [-0.05, 0) is 37.6 Å². The number of hydrogen-bond donors (Lipinski definition) is 2. The molecule has 1 rings (SSSR count). The molecule has 0 aliphatic heterocycles. The van der Waals surface area contributed by atoms with Crippen LogP contribution >= 0.6 is 15.9 Å². The van der Waals surface area contributed by atoms with Crippen LogP contribution in [0.1, 0.15) is 18.9 Å². The van der Waals surface area contributed by atoms with Crippen molar-refractivity contribution in [2.45, 2.75) is 26.3 Å². The van der Waals surface area contributed by atoms with Crippen LogP contribution in [-0.2, 0) is 4.79 Å². The fourth-order valence-electron chi connectivity index (χ4n) is 1.49. The molecule has 1 aromatic carbocycles. The number of hydrogen-bond acceptors (Lipinski definition) is 2. The topological polar surface area (TPSA) is 41.1 Å². The van der Waals surface area contributed by atoms with Crippen LogP contribution in [0.25, 0.3) is 0 Å². The summed E-state index contributed by atoms with van der Waals surface area (Å²) in [5.74, 6) is 0.0507. The Hall–Kier alpha value is -1.03. The summed E-state index contributed by atoms with van der Waals surface area (Å²) < 4.78 is 1.06. The van der Waals surface area contributed by atoms with Gasteiger partial charge >= 0.3 is 0 Å². The van der Waals surface area contributed by atoms with Gasteiger partial charge in [-0.3, -0.25) is 4.79 Å². The minimum absolute atomic E-state index is 0.0507. The number of amides is 1. The van der Waals surface area contributed by atoms with Gasteiger partial charge in [0.15, 0.2) is 0 Å². The van der Waals surface area contributed by atoms with E-state index in [0.29, 0.717) is 6.42 Å². The van der Waals surface area contributed by atoms with E-state index >= 15 is 0 Å². The minimum atomic E-state index is 0.0507. The minimum Gasteiger partial charge on any atom is -0.382 e. The van der Waals surface area contributed by atoms with Crippen molar-refractivity contribution in [1.82, 2.24) is 5.32 Å². The summed E-state index contributed by atoms with van der Waals surface area (Å²) in [6, 6.07) is 6.18. The summed E-state index contributed by atoms with van der Waals surface area (Å²) in [6.07, 6.45) is 0.478. The van der Waals surface area contributed by atoms with Crippen molar-refractivity contribution in [3.8, 4) is 0 Å². The lowest BCUT2D eigenvalue weighted by molar-refractivity contribution is -0.120. The molecule has 1 atom stereocenters. The average molecular weight is 285 g/mol. The van der Waals surface area contributed by atoms with Gasteiger partial charge in [-0.15, -0.1) is 0 Å². The number of anilines is 1. The molecule has 0 spiro atoms. The van der Waals surface area contributed by atoms with Crippen molar-refractivity contribution < 1.29 is 4.79 Å². The fraction of sp³-hybridized carbons (Fsp3) is 0.417. The van der Waals surface area contributed by atoms with Crippen LogP contribution in [0.4, 0.5) is 5.69 Å². The van der Waals surface area contributed by atoms with Crippen molar-refractivity contribution in [3.63, 3.8) is 0 Å². The van der Waals surface area contributed by atoms with E-state index in [1.54, 1.807) is 7.05 Å². The highest BCUT2D eigenvalue weighted by atomic mass is 79.9. The Bertz CT molecular complexity index is 379. The molecule has 0 bridgehead atoms. The number of nitrogens with one attached hydrogen (secondary N) is 2. The van der Waals surface area contributed by atoms with E-state index in [9.17, 15) is 4.79 Å². The molecule has 0 aliphatic rings. The Kier molecular flexibility index (Phi) is 4.80. The maximum atomic E-state index is 11.2. The summed E-state index contributed by atoms with van der Waals surface area (Å²) in [5, 5.41) is 5.94. The molecular weight excluding hydrogens is 268 g/mol. The zero-order chi connectivity index (χ0) is 12.1. The van der Waals surface area contributed by atoms with E-state index in [-0.39, 0.29) is 11.9 Å². The molecule has 0 aliphatic carbocycles. The van der Waals surface area contributed by atoms with Crippen molar-refractivity contribution in [1.29, 1.82) is 0 Å². The third-order valence-electron chi connectivity index (χ3n) is 2.36. The highest BCUT2D eigenvalue weighted by Crippen LogP contribution is 2.20. The first kappa shape index (κ1) is 13.0. The number of carbonyl (C=O) groups is 1. The summed E-state index contributed by atoms with van der Waals surface area (Å²) >= 11 is 3.42. The molecule has 16 heavy (non-hydrogen) atoms. The third kappa shape index (κ3) is 3.85. The number of aryl methyl sites for hydroxylation is 1. The van der Waals surface area contributed by atoms with Gasteiger partial charge < -0.3 is 10.6 Å². The summed E-state index contributed by atoms with van der Waals surface area (Å²) in [5.41, 5.74) is 2.23. The van der Waals surface area contributed by atoms with Gasteiger partial charge in [-0.1, -0.05) is 15.9 Å². The second kappa shape index (κ2) is 5.89. The van der Waals surface area contributed by atoms with Crippen LogP contribution in [0.2, 0.25) is 0 Å². The standard InChI is InChI=1S/C12H17BrN2O/c1-8-6-10(13)4-5-11(8)15-9(2)7-12(16)14-3/h4-6,9,15H,7H2,1-3H3,(H,14,16). The molecule has 88 valence electrons. The predicted octanol–water partition coefficient (Wildman–Crippen LogP) is 2.69. The number of carbonyl (C=O) groups excluding carboxylic acids is 1. The maximum Gasteiger partial charge on any atom is 0.221 e. The van der Waals surface area contributed by atoms with E-state index in [4.69, 9.17) is 0 Å². The first-order valence-electron chi connectivity index (χ1n) is 5.26. The number of rotatable bonds is 4. The van der Waals surface area contributed by atoms with Crippen molar-refractivity contribution >= 4 is 27.5 Å². The molecule has 1 amide bonds. The van der Waals surface area contributed by atoms with Gasteiger partial charge in [-0.2, -0.15) is 0 Å². The van der Waals surface area contributed by atoms with Crippen LogP contribution in [0.5, 0.6) is 0 Å². The maximum absolute atomic E-state index is 11.2. The van der Waals surface area contributed by atoms with Crippen molar-refractivity contribution in [2.75, 3.05) is 12.4 Å². The van der Waals surface area contributed by atoms with E-state index in [1.807, 2.05) is 26.0 Å². The molecule has 4 heteroatoms. The smallest absolute Gasteiger partial charge is 0.221 e. The predicted molar refractivity (Wildman–Crippen MR) is 70.6 cm³/mol. The third-order valence-corrected chi connectivity index (χ3v) is 2.85. The average Bonchev–Trinajstić information content (AvgIpc) is 2.22. The van der Waals surface area contributed by atoms with Gasteiger partial charge in [-0.25, -0.2) is 0 Å². The molecule has 1 aromatic rings. The number of halogens is 1. The summed E-state index contributed by atoms with van der Waals surface area (Å²) in [4.78, 5) is 11.2. The van der Waals surface area contributed by atoms with Crippen molar-refractivity contribution in [3.05, 3.63) is 28.2 Å². The lowest BCUT2D eigenvalue weighted by atomic mass is 10.1. The zero-order valence-corrected chi connectivity index (χ0v) is 11.4. The molecular formula is C12H17BrN2O. The molecule has 0 aromatic heterocycles. The van der Waals surface area contributed by atoms with Gasteiger partial charge in [0.05, 0.1) is 0 Å². The van der Waals surface area contributed by atoms with E-state index < -0.39 is 0 Å². The second-order valence-electron chi connectivity index (χ2n) is 3.88.